The van der Waals surface area contributed by atoms with Crippen molar-refractivity contribution in [2.75, 3.05) is 11.9 Å². The van der Waals surface area contributed by atoms with Crippen LogP contribution in [0.15, 0.2) is 18.2 Å². The molecule has 2 N–H and O–H groups in total. The maximum absolute atomic E-state index is 12.6. The zero-order valence-electron chi connectivity index (χ0n) is 13.8. The molecular formula is C20H27NO2. The predicted octanol–water partition coefficient (Wildman–Crippen LogP) is 4.11. The number of anilines is 1. The molecule has 0 radical (unpaired) electrons. The van der Waals surface area contributed by atoms with Crippen LogP contribution in [0.2, 0.25) is 0 Å². The molecule has 1 heterocycles. The molecule has 23 heavy (non-hydrogen) atoms. The first kappa shape index (κ1) is 15.2. The Kier molecular flexibility index (Phi) is 3.92. The molecule has 3 nitrogen and oxygen atoms in total. The number of fused-ring (bicyclic) bond motifs is 2. The standard InChI is InChI=1S/C20H27NO2/c22-13-14-4-6-15(7-5-14)16-8-9-17-18(12-16)21-19(23)20(17)10-2-1-3-11-20/h8-9,12,14-15,22H,1-7,10-11,13H2,(H,21,23). The summed E-state index contributed by atoms with van der Waals surface area (Å²) in [5.41, 5.74) is 3.45. The van der Waals surface area contributed by atoms with Crippen LogP contribution in [-0.4, -0.2) is 17.6 Å². The average Bonchev–Trinajstić information content (AvgIpc) is 2.87. The van der Waals surface area contributed by atoms with Crippen molar-refractivity contribution in [2.45, 2.75) is 69.1 Å². The lowest BCUT2D eigenvalue weighted by molar-refractivity contribution is -0.121. The Balaban J connectivity index is 1.58. The minimum atomic E-state index is -0.235. The van der Waals surface area contributed by atoms with Crippen molar-refractivity contribution in [3.05, 3.63) is 29.3 Å². The van der Waals surface area contributed by atoms with Crippen LogP contribution in [-0.2, 0) is 10.2 Å². The van der Waals surface area contributed by atoms with E-state index in [2.05, 4.69) is 23.5 Å². The van der Waals surface area contributed by atoms with Gasteiger partial charge in [0, 0.05) is 12.3 Å². The first-order valence-corrected chi connectivity index (χ1v) is 9.30. The molecule has 2 fully saturated rings. The summed E-state index contributed by atoms with van der Waals surface area (Å²) in [6.45, 7) is 0.329. The van der Waals surface area contributed by atoms with E-state index in [9.17, 15) is 9.90 Å². The van der Waals surface area contributed by atoms with Crippen molar-refractivity contribution in [3.63, 3.8) is 0 Å². The minimum Gasteiger partial charge on any atom is -0.396 e. The molecule has 3 heteroatoms. The van der Waals surface area contributed by atoms with Crippen LogP contribution in [0.1, 0.15) is 74.8 Å². The zero-order chi connectivity index (χ0) is 15.9. The van der Waals surface area contributed by atoms with Gasteiger partial charge in [-0.1, -0.05) is 31.4 Å². The molecule has 0 bridgehead atoms. The highest BCUT2D eigenvalue weighted by Crippen LogP contribution is 2.48. The van der Waals surface area contributed by atoms with E-state index in [1.54, 1.807) is 0 Å². The first-order chi connectivity index (χ1) is 11.2. The van der Waals surface area contributed by atoms with Gasteiger partial charge in [-0.3, -0.25) is 4.79 Å². The molecule has 0 atom stereocenters. The van der Waals surface area contributed by atoms with Gasteiger partial charge in [-0.05, 0) is 67.6 Å². The number of rotatable bonds is 2. The zero-order valence-corrected chi connectivity index (χ0v) is 13.8. The molecule has 1 aromatic carbocycles. The monoisotopic (exact) mass is 313 g/mol. The molecule has 1 spiro atoms. The number of aliphatic hydroxyl groups excluding tert-OH is 1. The van der Waals surface area contributed by atoms with Gasteiger partial charge < -0.3 is 10.4 Å². The van der Waals surface area contributed by atoms with Gasteiger partial charge in [0.15, 0.2) is 0 Å². The van der Waals surface area contributed by atoms with Gasteiger partial charge in [0.05, 0.1) is 5.41 Å². The van der Waals surface area contributed by atoms with E-state index < -0.39 is 0 Å². The third-order valence-electron chi connectivity index (χ3n) is 6.53. The van der Waals surface area contributed by atoms with Crippen molar-refractivity contribution < 1.29 is 9.90 Å². The molecule has 0 unspecified atom stereocenters. The quantitative estimate of drug-likeness (QED) is 0.863. The second kappa shape index (κ2) is 5.94. The molecule has 1 aliphatic heterocycles. The number of nitrogens with one attached hydrogen (secondary N) is 1. The van der Waals surface area contributed by atoms with Gasteiger partial charge >= 0.3 is 0 Å². The smallest absolute Gasteiger partial charge is 0.235 e. The van der Waals surface area contributed by atoms with Crippen molar-refractivity contribution >= 4 is 11.6 Å². The number of hydrogen-bond donors (Lipinski definition) is 2. The summed E-state index contributed by atoms with van der Waals surface area (Å²) in [6.07, 6.45) is 10.2. The van der Waals surface area contributed by atoms with Crippen LogP contribution in [0.25, 0.3) is 0 Å². The second-order valence-electron chi connectivity index (χ2n) is 7.80. The lowest BCUT2D eigenvalue weighted by Gasteiger charge is -2.32. The van der Waals surface area contributed by atoms with Gasteiger partial charge in [0.2, 0.25) is 5.91 Å². The first-order valence-electron chi connectivity index (χ1n) is 9.30. The average molecular weight is 313 g/mol. The number of carbonyl (C=O) groups is 1. The van der Waals surface area contributed by atoms with E-state index >= 15 is 0 Å². The van der Waals surface area contributed by atoms with Crippen LogP contribution in [0.3, 0.4) is 0 Å². The molecule has 1 amide bonds. The van der Waals surface area contributed by atoms with Gasteiger partial charge in [-0.15, -0.1) is 0 Å². The lowest BCUT2D eigenvalue weighted by Crippen LogP contribution is -2.36. The third kappa shape index (κ3) is 2.50. The lowest BCUT2D eigenvalue weighted by atomic mass is 9.70. The van der Waals surface area contributed by atoms with Crippen LogP contribution in [0, 0.1) is 5.92 Å². The maximum atomic E-state index is 12.6. The van der Waals surface area contributed by atoms with Crippen molar-refractivity contribution in [3.8, 4) is 0 Å². The van der Waals surface area contributed by atoms with Gasteiger partial charge in [0.25, 0.3) is 0 Å². The molecular weight excluding hydrogens is 286 g/mol. The summed E-state index contributed by atoms with van der Waals surface area (Å²) < 4.78 is 0. The summed E-state index contributed by atoms with van der Waals surface area (Å²) >= 11 is 0. The Morgan fingerprint density at radius 1 is 1.09 bits per heavy atom. The Bertz CT molecular complexity index is 596. The van der Waals surface area contributed by atoms with E-state index in [0.29, 0.717) is 18.4 Å². The summed E-state index contributed by atoms with van der Waals surface area (Å²) in [5.74, 6) is 1.31. The van der Waals surface area contributed by atoms with Crippen molar-refractivity contribution in [1.29, 1.82) is 0 Å². The van der Waals surface area contributed by atoms with E-state index in [4.69, 9.17) is 0 Å². The van der Waals surface area contributed by atoms with E-state index in [1.807, 2.05) is 0 Å². The molecule has 1 aromatic rings. The molecule has 2 aliphatic carbocycles. The van der Waals surface area contributed by atoms with Crippen LogP contribution in [0.5, 0.6) is 0 Å². The van der Waals surface area contributed by atoms with Gasteiger partial charge in [0.1, 0.15) is 0 Å². The minimum absolute atomic E-state index is 0.230. The fourth-order valence-electron chi connectivity index (χ4n) is 5.03. The van der Waals surface area contributed by atoms with Crippen molar-refractivity contribution in [1.82, 2.24) is 0 Å². The Hall–Kier alpha value is -1.35. The highest BCUT2D eigenvalue weighted by molar-refractivity contribution is 6.06. The molecule has 124 valence electrons. The largest absolute Gasteiger partial charge is 0.396 e. The molecule has 0 aromatic heterocycles. The topological polar surface area (TPSA) is 49.3 Å². The van der Waals surface area contributed by atoms with Gasteiger partial charge in [-0.2, -0.15) is 0 Å². The Labute approximate surface area is 138 Å². The van der Waals surface area contributed by atoms with E-state index in [0.717, 1.165) is 44.2 Å². The molecule has 0 saturated heterocycles. The number of hydrogen-bond acceptors (Lipinski definition) is 2. The van der Waals surface area contributed by atoms with E-state index in [1.165, 1.54) is 30.4 Å². The second-order valence-corrected chi connectivity index (χ2v) is 7.80. The maximum Gasteiger partial charge on any atom is 0.235 e. The van der Waals surface area contributed by atoms with Crippen LogP contribution < -0.4 is 5.32 Å². The SMILES string of the molecule is O=C1Nc2cc(C3CCC(CO)CC3)ccc2C12CCCCC2. The number of benzene rings is 1. The number of aliphatic hydroxyl groups is 1. The Morgan fingerprint density at radius 3 is 2.52 bits per heavy atom. The normalized spacial score (nSPS) is 29.3. The number of carbonyl (C=O) groups excluding carboxylic acids is 1. The fraction of sp³-hybridized carbons (Fsp3) is 0.650. The number of amides is 1. The third-order valence-corrected chi connectivity index (χ3v) is 6.53. The van der Waals surface area contributed by atoms with Crippen molar-refractivity contribution in [2.24, 2.45) is 5.92 Å². The highest BCUT2D eigenvalue weighted by atomic mass is 16.3. The molecule has 3 aliphatic rings. The summed E-state index contributed by atoms with van der Waals surface area (Å²) in [6, 6.07) is 6.73. The van der Waals surface area contributed by atoms with Crippen LogP contribution in [0.4, 0.5) is 5.69 Å². The summed E-state index contributed by atoms with van der Waals surface area (Å²) in [5, 5.41) is 12.5. The Morgan fingerprint density at radius 2 is 1.83 bits per heavy atom. The van der Waals surface area contributed by atoms with E-state index in [-0.39, 0.29) is 11.3 Å². The molecule has 2 saturated carbocycles. The highest BCUT2D eigenvalue weighted by Gasteiger charge is 2.47. The molecule has 4 rings (SSSR count). The summed E-state index contributed by atoms with van der Waals surface area (Å²) in [7, 11) is 0. The van der Waals surface area contributed by atoms with Gasteiger partial charge in [-0.25, -0.2) is 0 Å². The predicted molar refractivity (Wildman–Crippen MR) is 91.6 cm³/mol. The summed E-state index contributed by atoms with van der Waals surface area (Å²) in [4.78, 5) is 12.6. The van der Waals surface area contributed by atoms with Crippen LogP contribution >= 0.6 is 0 Å². The fourth-order valence-corrected chi connectivity index (χ4v) is 5.03.